The number of carboxylic acids is 1. The van der Waals surface area contributed by atoms with E-state index in [1.165, 1.54) is 21.9 Å². The standard InChI is InChI=1S/C33H30N2O2/c1-33(24-25-12-4-2-5-13-25)30(18-10-11-22-34-27-15-6-3-7-16-27)35(23-21-31(36)37)29-20-19-26-14-8-9-17-28(26)32(29)33/h2-10,12-20,22H,11,21,23-24H2,1H3/p+1. The first-order valence-corrected chi connectivity index (χ1v) is 12.7. The van der Waals surface area contributed by atoms with Gasteiger partial charge in [0, 0.05) is 30.3 Å². The van der Waals surface area contributed by atoms with Gasteiger partial charge in [-0.05, 0) is 47.9 Å². The smallest absolute Gasteiger partial charge is 0.309 e. The van der Waals surface area contributed by atoms with Crippen LogP contribution in [0.2, 0.25) is 0 Å². The molecule has 184 valence electrons. The molecule has 0 saturated carbocycles. The van der Waals surface area contributed by atoms with Crippen LogP contribution in [0.4, 0.5) is 11.4 Å². The van der Waals surface area contributed by atoms with E-state index in [1.807, 2.05) is 42.6 Å². The fraction of sp³-hybridized carbons (Fsp3) is 0.182. The van der Waals surface area contributed by atoms with Crippen molar-refractivity contribution in [2.75, 3.05) is 6.54 Å². The highest BCUT2D eigenvalue weighted by molar-refractivity contribution is 6.08. The number of rotatable bonds is 9. The van der Waals surface area contributed by atoms with E-state index in [0.717, 1.165) is 23.5 Å². The SMILES string of the molecule is CC1(Cc2ccccc2)C(C=CCC=Nc2ccccc2)=[N+](CCC(=O)O)c2ccc3ccccc3c21. The van der Waals surface area contributed by atoms with Gasteiger partial charge in [-0.1, -0.05) is 78.9 Å². The molecule has 37 heavy (non-hydrogen) atoms. The molecule has 1 atom stereocenters. The summed E-state index contributed by atoms with van der Waals surface area (Å²) in [5.74, 6) is -0.794. The van der Waals surface area contributed by atoms with Gasteiger partial charge < -0.3 is 5.11 Å². The molecule has 0 radical (unpaired) electrons. The summed E-state index contributed by atoms with van der Waals surface area (Å²) >= 11 is 0. The van der Waals surface area contributed by atoms with E-state index < -0.39 is 5.97 Å². The zero-order chi connectivity index (χ0) is 25.7. The van der Waals surface area contributed by atoms with Gasteiger partial charge in [0.15, 0.2) is 12.3 Å². The number of fused-ring (bicyclic) bond motifs is 3. The molecule has 1 heterocycles. The van der Waals surface area contributed by atoms with Crippen molar-refractivity contribution in [3.63, 3.8) is 0 Å². The molecule has 1 aliphatic rings. The molecule has 0 fully saturated rings. The maximum atomic E-state index is 11.6. The average molecular weight is 488 g/mol. The highest BCUT2D eigenvalue weighted by Crippen LogP contribution is 2.46. The maximum Gasteiger partial charge on any atom is 0.309 e. The van der Waals surface area contributed by atoms with Crippen LogP contribution < -0.4 is 0 Å². The first-order chi connectivity index (χ1) is 18.1. The Morgan fingerprint density at radius 2 is 1.62 bits per heavy atom. The van der Waals surface area contributed by atoms with E-state index in [4.69, 9.17) is 0 Å². The van der Waals surface area contributed by atoms with Crippen molar-refractivity contribution >= 4 is 40.0 Å². The number of carboxylic acid groups (broad SMARTS) is 1. The van der Waals surface area contributed by atoms with Crippen molar-refractivity contribution < 1.29 is 14.5 Å². The molecule has 0 aliphatic carbocycles. The minimum absolute atomic E-state index is 0.0699. The topological polar surface area (TPSA) is 52.7 Å². The lowest BCUT2D eigenvalue weighted by Gasteiger charge is -2.24. The van der Waals surface area contributed by atoms with Crippen molar-refractivity contribution in [3.05, 3.63) is 120 Å². The summed E-state index contributed by atoms with van der Waals surface area (Å²) in [5, 5.41) is 11.9. The normalized spacial score (nSPS) is 17.2. The third kappa shape index (κ3) is 5.14. The molecule has 0 saturated heterocycles. The molecule has 0 amide bonds. The van der Waals surface area contributed by atoms with E-state index in [-0.39, 0.29) is 11.8 Å². The van der Waals surface area contributed by atoms with Gasteiger partial charge in [-0.2, -0.15) is 4.58 Å². The zero-order valence-corrected chi connectivity index (χ0v) is 21.0. The second-order valence-electron chi connectivity index (χ2n) is 9.64. The lowest BCUT2D eigenvalue weighted by molar-refractivity contribution is -0.436. The summed E-state index contributed by atoms with van der Waals surface area (Å²) in [6.45, 7) is 2.71. The van der Waals surface area contributed by atoms with Crippen molar-refractivity contribution in [2.45, 2.75) is 31.6 Å². The Balaban J connectivity index is 1.59. The van der Waals surface area contributed by atoms with Crippen LogP contribution in [0.15, 0.2) is 114 Å². The quantitative estimate of drug-likeness (QED) is 0.199. The molecule has 0 spiro atoms. The third-order valence-corrected chi connectivity index (χ3v) is 7.07. The molecule has 1 unspecified atom stereocenters. The molecule has 1 N–H and O–H groups in total. The van der Waals surface area contributed by atoms with Crippen LogP contribution in [0.25, 0.3) is 10.8 Å². The number of hydrogen-bond donors (Lipinski definition) is 1. The summed E-state index contributed by atoms with van der Waals surface area (Å²) < 4.78 is 2.21. The first kappa shape index (κ1) is 24.4. The number of para-hydroxylation sites is 1. The molecule has 0 aromatic heterocycles. The monoisotopic (exact) mass is 487 g/mol. The molecule has 4 nitrogen and oxygen atoms in total. The summed E-state index contributed by atoms with van der Waals surface area (Å²) in [5.41, 5.74) is 5.33. The van der Waals surface area contributed by atoms with Crippen LogP contribution in [-0.2, 0) is 16.6 Å². The summed E-state index contributed by atoms with van der Waals surface area (Å²) in [4.78, 5) is 16.2. The van der Waals surface area contributed by atoms with Gasteiger partial charge in [0.05, 0.1) is 11.1 Å². The Bertz CT molecular complexity index is 1500. The van der Waals surface area contributed by atoms with Crippen LogP contribution >= 0.6 is 0 Å². The van der Waals surface area contributed by atoms with E-state index in [0.29, 0.717) is 13.0 Å². The lowest BCUT2D eigenvalue weighted by atomic mass is 9.73. The maximum absolute atomic E-state index is 11.6. The molecular weight excluding hydrogens is 456 g/mol. The Labute approximate surface area is 218 Å². The molecular formula is C33H31N2O2+. The number of hydrogen-bond acceptors (Lipinski definition) is 2. The Morgan fingerprint density at radius 3 is 2.38 bits per heavy atom. The fourth-order valence-electron chi connectivity index (χ4n) is 5.44. The molecule has 1 aliphatic heterocycles. The van der Waals surface area contributed by atoms with Gasteiger partial charge in [0.1, 0.15) is 6.42 Å². The van der Waals surface area contributed by atoms with Crippen LogP contribution in [0.3, 0.4) is 0 Å². The first-order valence-electron chi connectivity index (χ1n) is 12.7. The Kier molecular flexibility index (Phi) is 7.09. The van der Waals surface area contributed by atoms with Gasteiger partial charge in [-0.3, -0.25) is 9.79 Å². The van der Waals surface area contributed by atoms with Crippen LogP contribution in [0.5, 0.6) is 0 Å². The van der Waals surface area contributed by atoms with Gasteiger partial charge in [-0.25, -0.2) is 0 Å². The summed E-state index contributed by atoms with van der Waals surface area (Å²) in [6.07, 6.45) is 7.80. The number of aliphatic imine (C=N–C) groups is 1. The average Bonchev–Trinajstić information content (AvgIpc) is 3.15. The van der Waals surface area contributed by atoms with Gasteiger partial charge in [-0.15, -0.1) is 0 Å². The second-order valence-corrected chi connectivity index (χ2v) is 9.64. The molecule has 4 heteroatoms. The van der Waals surface area contributed by atoms with E-state index >= 15 is 0 Å². The van der Waals surface area contributed by atoms with Crippen molar-refractivity contribution in [3.8, 4) is 0 Å². The number of aliphatic carboxylic acids is 1. The zero-order valence-electron chi connectivity index (χ0n) is 21.0. The van der Waals surface area contributed by atoms with Crippen molar-refractivity contribution in [1.82, 2.24) is 0 Å². The molecule has 0 bridgehead atoms. The third-order valence-electron chi connectivity index (χ3n) is 7.07. The number of benzene rings is 4. The minimum atomic E-state index is -0.794. The fourth-order valence-corrected chi connectivity index (χ4v) is 5.44. The number of allylic oxidation sites excluding steroid dienone is 2. The summed E-state index contributed by atoms with van der Waals surface area (Å²) in [7, 11) is 0. The summed E-state index contributed by atoms with van der Waals surface area (Å²) in [6, 6.07) is 33.2. The van der Waals surface area contributed by atoms with Crippen LogP contribution in [0, 0.1) is 0 Å². The van der Waals surface area contributed by atoms with Gasteiger partial charge >= 0.3 is 5.97 Å². The Morgan fingerprint density at radius 1 is 0.919 bits per heavy atom. The Hall–Kier alpha value is -4.31. The highest BCUT2D eigenvalue weighted by atomic mass is 16.4. The molecule has 5 rings (SSSR count). The van der Waals surface area contributed by atoms with Gasteiger partial charge in [0.2, 0.25) is 5.69 Å². The van der Waals surface area contributed by atoms with E-state index in [9.17, 15) is 9.90 Å². The van der Waals surface area contributed by atoms with Gasteiger partial charge in [0.25, 0.3) is 0 Å². The van der Waals surface area contributed by atoms with Crippen molar-refractivity contribution in [2.24, 2.45) is 4.99 Å². The molecule has 4 aromatic rings. The molecule has 4 aromatic carbocycles. The predicted molar refractivity (Wildman–Crippen MR) is 152 cm³/mol. The van der Waals surface area contributed by atoms with Crippen molar-refractivity contribution in [1.29, 1.82) is 0 Å². The number of carbonyl (C=O) groups is 1. The van der Waals surface area contributed by atoms with E-state index in [1.54, 1.807) is 0 Å². The van der Waals surface area contributed by atoms with Crippen LogP contribution in [0.1, 0.15) is 30.9 Å². The van der Waals surface area contributed by atoms with E-state index in [2.05, 4.69) is 89.3 Å². The lowest BCUT2D eigenvalue weighted by Crippen LogP contribution is -2.34. The van der Waals surface area contributed by atoms with Crippen LogP contribution in [-0.4, -0.2) is 34.1 Å². The second kappa shape index (κ2) is 10.8. The highest BCUT2D eigenvalue weighted by Gasteiger charge is 2.48. The predicted octanol–water partition coefficient (Wildman–Crippen LogP) is 7.26. The largest absolute Gasteiger partial charge is 0.481 e. The minimum Gasteiger partial charge on any atom is -0.481 e. The number of nitrogens with zero attached hydrogens (tertiary/aromatic N) is 2.